The molecule has 122 valence electrons. The number of aliphatic carboxylic acids is 1. The van der Waals surface area contributed by atoms with Gasteiger partial charge in [0, 0.05) is 18.7 Å². The lowest BCUT2D eigenvalue weighted by Crippen LogP contribution is -2.16. The van der Waals surface area contributed by atoms with E-state index in [0.717, 1.165) is 11.1 Å². The number of carboxylic acid groups (broad SMARTS) is 1. The summed E-state index contributed by atoms with van der Waals surface area (Å²) in [5.41, 5.74) is 2.58. The second kappa shape index (κ2) is 7.89. The number of rotatable bonds is 7. The van der Waals surface area contributed by atoms with Crippen LogP contribution in [-0.2, 0) is 17.8 Å². The zero-order chi connectivity index (χ0) is 16.8. The highest BCUT2D eigenvalue weighted by molar-refractivity contribution is 7.12. The first-order valence-corrected chi connectivity index (χ1v) is 8.17. The quantitative estimate of drug-likeness (QED) is 0.817. The normalized spacial score (nSPS) is 10.7. The van der Waals surface area contributed by atoms with Gasteiger partial charge in [-0.3, -0.25) is 9.59 Å². The third-order valence-corrected chi connectivity index (χ3v) is 4.21. The van der Waals surface area contributed by atoms with E-state index in [1.54, 1.807) is 6.07 Å². The Balaban J connectivity index is 2.07. The standard InChI is InChI=1S/C17H20N2O3S/c1-19(2)11-13-8-9-23-16(13)17(22)18-14-5-3-4-12(10-14)6-7-15(20)21/h3-5,8-10H,6-7,11H2,1-2H3,(H,18,22)(H,20,21). The summed E-state index contributed by atoms with van der Waals surface area (Å²) in [7, 11) is 3.93. The maximum Gasteiger partial charge on any atom is 0.303 e. The summed E-state index contributed by atoms with van der Waals surface area (Å²) in [4.78, 5) is 25.8. The minimum absolute atomic E-state index is 0.0787. The number of carbonyl (C=O) groups is 2. The van der Waals surface area contributed by atoms with Crippen molar-refractivity contribution < 1.29 is 14.7 Å². The molecule has 23 heavy (non-hydrogen) atoms. The van der Waals surface area contributed by atoms with E-state index in [1.807, 2.05) is 48.6 Å². The van der Waals surface area contributed by atoms with Gasteiger partial charge in [0.25, 0.3) is 5.91 Å². The second-order valence-corrected chi connectivity index (χ2v) is 6.48. The van der Waals surface area contributed by atoms with E-state index in [4.69, 9.17) is 5.11 Å². The Hall–Kier alpha value is -2.18. The highest BCUT2D eigenvalue weighted by Crippen LogP contribution is 2.20. The van der Waals surface area contributed by atoms with E-state index in [1.165, 1.54) is 11.3 Å². The summed E-state index contributed by atoms with van der Waals surface area (Å²) in [6, 6.07) is 9.27. The SMILES string of the molecule is CN(C)Cc1ccsc1C(=O)Nc1cccc(CCC(=O)O)c1. The number of hydrogen-bond acceptors (Lipinski definition) is 4. The van der Waals surface area contributed by atoms with Crippen molar-refractivity contribution in [1.82, 2.24) is 4.90 Å². The maximum atomic E-state index is 12.4. The van der Waals surface area contributed by atoms with Gasteiger partial charge >= 0.3 is 5.97 Å². The van der Waals surface area contributed by atoms with Crippen molar-refractivity contribution in [3.63, 3.8) is 0 Å². The highest BCUT2D eigenvalue weighted by atomic mass is 32.1. The molecule has 0 unspecified atom stereocenters. The molecular formula is C17H20N2O3S. The molecule has 0 saturated heterocycles. The lowest BCUT2D eigenvalue weighted by atomic mass is 10.1. The molecule has 0 radical (unpaired) electrons. The van der Waals surface area contributed by atoms with Crippen molar-refractivity contribution in [3.8, 4) is 0 Å². The van der Waals surface area contributed by atoms with Crippen LogP contribution in [0.2, 0.25) is 0 Å². The molecule has 1 heterocycles. The smallest absolute Gasteiger partial charge is 0.303 e. The Morgan fingerprint density at radius 2 is 2.04 bits per heavy atom. The summed E-state index contributed by atoms with van der Waals surface area (Å²) in [5, 5.41) is 13.5. The molecule has 1 amide bonds. The van der Waals surface area contributed by atoms with Crippen molar-refractivity contribution >= 4 is 28.9 Å². The van der Waals surface area contributed by atoms with E-state index in [-0.39, 0.29) is 12.3 Å². The minimum atomic E-state index is -0.827. The van der Waals surface area contributed by atoms with Crippen LogP contribution in [0.4, 0.5) is 5.69 Å². The highest BCUT2D eigenvalue weighted by Gasteiger charge is 2.14. The van der Waals surface area contributed by atoms with Gasteiger partial charge in [0.1, 0.15) is 0 Å². The zero-order valence-electron chi connectivity index (χ0n) is 13.2. The fraction of sp³-hybridized carbons (Fsp3) is 0.294. The van der Waals surface area contributed by atoms with Crippen molar-refractivity contribution in [2.24, 2.45) is 0 Å². The summed E-state index contributed by atoms with van der Waals surface area (Å²) < 4.78 is 0. The van der Waals surface area contributed by atoms with E-state index in [0.29, 0.717) is 23.5 Å². The van der Waals surface area contributed by atoms with Crippen molar-refractivity contribution in [3.05, 3.63) is 51.7 Å². The fourth-order valence-corrected chi connectivity index (χ4v) is 3.05. The minimum Gasteiger partial charge on any atom is -0.481 e. The Kier molecular flexibility index (Phi) is 5.90. The number of hydrogen-bond donors (Lipinski definition) is 2. The van der Waals surface area contributed by atoms with Crippen LogP contribution in [0.1, 0.15) is 27.2 Å². The summed E-state index contributed by atoms with van der Waals surface area (Å²) >= 11 is 1.42. The van der Waals surface area contributed by atoms with Crippen LogP contribution >= 0.6 is 11.3 Å². The van der Waals surface area contributed by atoms with Gasteiger partial charge in [-0.15, -0.1) is 11.3 Å². The van der Waals surface area contributed by atoms with Gasteiger partial charge in [0.15, 0.2) is 0 Å². The molecule has 6 heteroatoms. The molecule has 1 aromatic heterocycles. The molecule has 0 aliphatic carbocycles. The molecule has 0 atom stereocenters. The predicted molar refractivity (Wildman–Crippen MR) is 92.1 cm³/mol. The number of anilines is 1. The first-order chi connectivity index (χ1) is 11.0. The molecule has 2 rings (SSSR count). The number of nitrogens with zero attached hydrogens (tertiary/aromatic N) is 1. The van der Waals surface area contributed by atoms with Crippen LogP contribution in [-0.4, -0.2) is 36.0 Å². The average molecular weight is 332 g/mol. The number of thiophene rings is 1. The molecule has 0 aliphatic heterocycles. The Morgan fingerprint density at radius 3 is 2.74 bits per heavy atom. The monoisotopic (exact) mass is 332 g/mol. The number of amides is 1. The molecule has 0 aliphatic rings. The van der Waals surface area contributed by atoms with Crippen LogP contribution in [0.3, 0.4) is 0 Å². The summed E-state index contributed by atoms with van der Waals surface area (Å²) in [6.07, 6.45) is 0.527. The van der Waals surface area contributed by atoms with E-state index in [2.05, 4.69) is 5.32 Å². The average Bonchev–Trinajstić information content (AvgIpc) is 2.93. The van der Waals surface area contributed by atoms with Gasteiger partial charge < -0.3 is 15.3 Å². The van der Waals surface area contributed by atoms with E-state index >= 15 is 0 Å². The molecule has 0 spiro atoms. The van der Waals surface area contributed by atoms with Crippen LogP contribution in [0, 0.1) is 0 Å². The molecule has 1 aromatic carbocycles. The number of carboxylic acids is 1. The molecule has 5 nitrogen and oxygen atoms in total. The Morgan fingerprint density at radius 1 is 1.26 bits per heavy atom. The second-order valence-electron chi connectivity index (χ2n) is 5.56. The van der Waals surface area contributed by atoms with Crippen LogP contribution < -0.4 is 5.32 Å². The topological polar surface area (TPSA) is 69.6 Å². The first-order valence-electron chi connectivity index (χ1n) is 7.29. The number of nitrogens with one attached hydrogen (secondary N) is 1. The van der Waals surface area contributed by atoms with Gasteiger partial charge in [-0.25, -0.2) is 0 Å². The van der Waals surface area contributed by atoms with E-state index < -0.39 is 5.97 Å². The Bertz CT molecular complexity index is 695. The third kappa shape index (κ3) is 5.19. The van der Waals surface area contributed by atoms with Gasteiger partial charge in [-0.05, 0) is 55.2 Å². The Labute approximate surface area is 139 Å². The van der Waals surface area contributed by atoms with E-state index in [9.17, 15) is 9.59 Å². The molecule has 0 bridgehead atoms. The molecular weight excluding hydrogens is 312 g/mol. The molecule has 0 saturated carbocycles. The lowest BCUT2D eigenvalue weighted by molar-refractivity contribution is -0.136. The molecule has 2 aromatic rings. The van der Waals surface area contributed by atoms with Gasteiger partial charge in [-0.2, -0.15) is 0 Å². The molecule has 2 N–H and O–H groups in total. The fourth-order valence-electron chi connectivity index (χ4n) is 2.24. The number of aryl methyl sites for hydroxylation is 1. The summed E-state index contributed by atoms with van der Waals surface area (Å²) in [6.45, 7) is 0.713. The van der Waals surface area contributed by atoms with Crippen molar-refractivity contribution in [2.75, 3.05) is 19.4 Å². The lowest BCUT2D eigenvalue weighted by Gasteiger charge is -2.11. The number of benzene rings is 1. The molecule has 0 fully saturated rings. The van der Waals surface area contributed by atoms with Crippen LogP contribution in [0.5, 0.6) is 0 Å². The largest absolute Gasteiger partial charge is 0.481 e. The first kappa shape index (κ1) is 17.2. The van der Waals surface area contributed by atoms with Crippen molar-refractivity contribution in [1.29, 1.82) is 0 Å². The van der Waals surface area contributed by atoms with Crippen molar-refractivity contribution in [2.45, 2.75) is 19.4 Å². The van der Waals surface area contributed by atoms with Crippen LogP contribution in [0.15, 0.2) is 35.7 Å². The summed E-state index contributed by atoms with van der Waals surface area (Å²) in [5.74, 6) is -0.960. The maximum absolute atomic E-state index is 12.4. The van der Waals surface area contributed by atoms with Gasteiger partial charge in [0.2, 0.25) is 0 Å². The van der Waals surface area contributed by atoms with Gasteiger partial charge in [0.05, 0.1) is 4.88 Å². The number of carbonyl (C=O) groups excluding carboxylic acids is 1. The van der Waals surface area contributed by atoms with Crippen LogP contribution in [0.25, 0.3) is 0 Å². The third-order valence-electron chi connectivity index (χ3n) is 3.25. The predicted octanol–water partition coefficient (Wildman–Crippen LogP) is 3.08. The van der Waals surface area contributed by atoms with Gasteiger partial charge in [-0.1, -0.05) is 12.1 Å². The zero-order valence-corrected chi connectivity index (χ0v) is 14.0.